The third-order valence-electron chi connectivity index (χ3n) is 5.18. The Morgan fingerprint density at radius 1 is 1.21 bits per heavy atom. The summed E-state index contributed by atoms with van der Waals surface area (Å²) in [5.41, 5.74) is 1.14. The number of rotatable bonds is 6. The first-order valence-electron chi connectivity index (χ1n) is 9.80. The van der Waals surface area contributed by atoms with Crippen molar-refractivity contribution in [2.24, 2.45) is 5.92 Å². The van der Waals surface area contributed by atoms with Gasteiger partial charge in [-0.2, -0.15) is 0 Å². The number of anilines is 1. The van der Waals surface area contributed by atoms with E-state index in [1.165, 1.54) is 6.07 Å². The molecule has 1 saturated heterocycles. The van der Waals surface area contributed by atoms with Crippen molar-refractivity contribution in [1.82, 2.24) is 0 Å². The summed E-state index contributed by atoms with van der Waals surface area (Å²) in [6.07, 6.45) is 0.905. The molecular weight excluding hydrogens is 357 g/mol. The molecule has 0 saturated carbocycles. The third kappa shape index (κ3) is 4.36. The Morgan fingerprint density at radius 3 is 2.57 bits per heavy atom. The molecule has 0 spiro atoms. The second-order valence-corrected chi connectivity index (χ2v) is 7.81. The third-order valence-corrected chi connectivity index (χ3v) is 5.18. The second-order valence-electron chi connectivity index (χ2n) is 7.81. The van der Waals surface area contributed by atoms with E-state index in [2.05, 4.69) is 19.2 Å². The predicted molar refractivity (Wildman–Crippen MR) is 108 cm³/mol. The fourth-order valence-corrected chi connectivity index (χ4v) is 3.58. The number of hydrogen-bond donors (Lipinski definition) is 1. The van der Waals surface area contributed by atoms with Crippen LogP contribution in [-0.2, 0) is 14.9 Å². The number of halogens is 1. The summed E-state index contributed by atoms with van der Waals surface area (Å²) in [7, 11) is 0. The molecule has 1 aliphatic heterocycles. The van der Waals surface area contributed by atoms with Crippen molar-refractivity contribution in [1.29, 1.82) is 0 Å². The van der Waals surface area contributed by atoms with Gasteiger partial charge in [-0.1, -0.05) is 32.0 Å². The van der Waals surface area contributed by atoms with Gasteiger partial charge in [0.1, 0.15) is 11.6 Å². The average molecular weight is 385 g/mol. The molecule has 28 heavy (non-hydrogen) atoms. The Morgan fingerprint density at radius 2 is 1.93 bits per heavy atom. The lowest BCUT2D eigenvalue weighted by molar-refractivity contribution is -0.125. The quantitative estimate of drug-likeness (QED) is 0.773. The monoisotopic (exact) mass is 385 g/mol. The summed E-state index contributed by atoms with van der Waals surface area (Å²) in [5, 5.41) is 2.99. The van der Waals surface area contributed by atoms with Crippen LogP contribution in [0.5, 0.6) is 5.75 Å². The SMILES string of the molecule is Cc1cc(NC(=O)C2(c3ccccc3F)CCOCC2)ccc1OCC(C)C. The van der Waals surface area contributed by atoms with E-state index in [-0.39, 0.29) is 11.7 Å². The zero-order valence-corrected chi connectivity index (χ0v) is 16.8. The van der Waals surface area contributed by atoms with Gasteiger partial charge in [0.25, 0.3) is 0 Å². The van der Waals surface area contributed by atoms with Crippen molar-refractivity contribution < 1.29 is 18.7 Å². The number of hydrogen-bond acceptors (Lipinski definition) is 3. The zero-order chi connectivity index (χ0) is 20.1. The number of carbonyl (C=O) groups is 1. The molecule has 150 valence electrons. The van der Waals surface area contributed by atoms with Crippen molar-refractivity contribution in [2.75, 3.05) is 25.1 Å². The van der Waals surface area contributed by atoms with Gasteiger partial charge in [-0.05, 0) is 55.5 Å². The van der Waals surface area contributed by atoms with E-state index >= 15 is 0 Å². The molecular formula is C23H28FNO3. The van der Waals surface area contributed by atoms with E-state index in [1.807, 2.05) is 25.1 Å². The van der Waals surface area contributed by atoms with Crippen LogP contribution >= 0.6 is 0 Å². The highest BCUT2D eigenvalue weighted by atomic mass is 19.1. The van der Waals surface area contributed by atoms with E-state index in [0.717, 1.165) is 11.3 Å². The Labute approximate surface area is 166 Å². The first-order valence-corrected chi connectivity index (χ1v) is 9.80. The molecule has 2 aromatic carbocycles. The maximum Gasteiger partial charge on any atom is 0.235 e. The normalized spacial score (nSPS) is 16.0. The molecule has 5 heteroatoms. The van der Waals surface area contributed by atoms with E-state index in [0.29, 0.717) is 49.8 Å². The molecule has 0 atom stereocenters. The van der Waals surface area contributed by atoms with Crippen LogP contribution < -0.4 is 10.1 Å². The van der Waals surface area contributed by atoms with Crippen LogP contribution in [0.15, 0.2) is 42.5 Å². The minimum absolute atomic E-state index is 0.198. The minimum Gasteiger partial charge on any atom is -0.493 e. The molecule has 0 aliphatic carbocycles. The van der Waals surface area contributed by atoms with Crippen LogP contribution in [0.4, 0.5) is 10.1 Å². The minimum atomic E-state index is -0.926. The van der Waals surface area contributed by atoms with Crippen molar-refractivity contribution in [2.45, 2.75) is 39.0 Å². The zero-order valence-electron chi connectivity index (χ0n) is 16.8. The summed E-state index contributed by atoms with van der Waals surface area (Å²) in [4.78, 5) is 13.3. The molecule has 4 nitrogen and oxygen atoms in total. The molecule has 1 aliphatic rings. The molecule has 1 fully saturated rings. The highest BCUT2D eigenvalue weighted by molar-refractivity contribution is 5.99. The van der Waals surface area contributed by atoms with E-state index in [4.69, 9.17) is 9.47 Å². The maximum absolute atomic E-state index is 14.5. The average Bonchev–Trinajstić information content (AvgIpc) is 2.68. The van der Waals surface area contributed by atoms with Gasteiger partial charge in [-0.25, -0.2) is 4.39 Å². The number of aryl methyl sites for hydroxylation is 1. The molecule has 1 amide bonds. The van der Waals surface area contributed by atoms with E-state index < -0.39 is 5.41 Å². The Balaban J connectivity index is 1.83. The lowest BCUT2D eigenvalue weighted by Gasteiger charge is -2.36. The lowest BCUT2D eigenvalue weighted by Crippen LogP contribution is -2.45. The number of amides is 1. The molecule has 0 aromatic heterocycles. The number of carbonyl (C=O) groups excluding carboxylic acids is 1. The van der Waals surface area contributed by atoms with Crippen LogP contribution in [0.3, 0.4) is 0 Å². The Kier molecular flexibility index (Phi) is 6.35. The topological polar surface area (TPSA) is 47.6 Å². The van der Waals surface area contributed by atoms with E-state index in [9.17, 15) is 9.18 Å². The summed E-state index contributed by atoms with van der Waals surface area (Å²) >= 11 is 0. The van der Waals surface area contributed by atoms with Gasteiger partial charge in [0.15, 0.2) is 0 Å². The van der Waals surface area contributed by atoms with Gasteiger partial charge in [0.2, 0.25) is 5.91 Å². The van der Waals surface area contributed by atoms with Gasteiger partial charge in [-0.15, -0.1) is 0 Å². The fourth-order valence-electron chi connectivity index (χ4n) is 3.58. The smallest absolute Gasteiger partial charge is 0.235 e. The van der Waals surface area contributed by atoms with Crippen LogP contribution in [0.1, 0.15) is 37.8 Å². The second kappa shape index (κ2) is 8.74. The summed E-state index contributed by atoms with van der Waals surface area (Å²) in [6, 6.07) is 12.1. The first-order chi connectivity index (χ1) is 13.4. The summed E-state index contributed by atoms with van der Waals surface area (Å²) in [5.74, 6) is 0.693. The number of ether oxygens (including phenoxy) is 2. The summed E-state index contributed by atoms with van der Waals surface area (Å²) in [6.45, 7) is 7.65. The van der Waals surface area contributed by atoms with Gasteiger partial charge in [0.05, 0.1) is 12.0 Å². The highest BCUT2D eigenvalue weighted by Crippen LogP contribution is 2.37. The number of benzene rings is 2. The molecule has 0 radical (unpaired) electrons. The van der Waals surface area contributed by atoms with Crippen molar-refractivity contribution in [3.05, 3.63) is 59.4 Å². The van der Waals surface area contributed by atoms with Crippen molar-refractivity contribution >= 4 is 11.6 Å². The molecule has 2 aromatic rings. The Hall–Kier alpha value is -2.40. The van der Waals surface area contributed by atoms with Crippen molar-refractivity contribution in [3.63, 3.8) is 0 Å². The first kappa shape index (κ1) is 20.3. The maximum atomic E-state index is 14.5. The molecule has 1 heterocycles. The van der Waals surface area contributed by atoms with Gasteiger partial charge in [-0.3, -0.25) is 4.79 Å². The van der Waals surface area contributed by atoms with Crippen LogP contribution in [0.2, 0.25) is 0 Å². The molecule has 3 rings (SSSR count). The summed E-state index contributed by atoms with van der Waals surface area (Å²) < 4.78 is 25.8. The van der Waals surface area contributed by atoms with Gasteiger partial charge >= 0.3 is 0 Å². The molecule has 1 N–H and O–H groups in total. The predicted octanol–water partition coefficient (Wildman–Crippen LogP) is 4.86. The highest BCUT2D eigenvalue weighted by Gasteiger charge is 2.43. The van der Waals surface area contributed by atoms with Crippen LogP contribution in [0.25, 0.3) is 0 Å². The van der Waals surface area contributed by atoms with Crippen molar-refractivity contribution in [3.8, 4) is 5.75 Å². The lowest BCUT2D eigenvalue weighted by atomic mass is 9.73. The van der Waals surface area contributed by atoms with Gasteiger partial charge < -0.3 is 14.8 Å². The standard InChI is InChI=1S/C23H28FNO3/c1-16(2)15-28-21-9-8-18(14-17(21)3)25-22(26)23(10-12-27-13-11-23)19-6-4-5-7-20(19)24/h4-9,14,16H,10-13,15H2,1-3H3,(H,25,26). The van der Waals surface area contributed by atoms with E-state index in [1.54, 1.807) is 18.2 Å². The Bertz CT molecular complexity index is 828. The molecule has 0 bridgehead atoms. The number of nitrogens with one attached hydrogen (secondary N) is 1. The molecule has 0 unspecified atom stereocenters. The van der Waals surface area contributed by atoms with Crippen LogP contribution in [-0.4, -0.2) is 25.7 Å². The fraction of sp³-hybridized carbons (Fsp3) is 0.435. The van der Waals surface area contributed by atoms with Gasteiger partial charge in [0, 0.05) is 24.5 Å². The van der Waals surface area contributed by atoms with Crippen LogP contribution in [0, 0.1) is 18.7 Å². The largest absolute Gasteiger partial charge is 0.493 e.